The molecule has 0 saturated heterocycles. The van der Waals surface area contributed by atoms with Crippen LogP contribution in [0, 0.1) is 10.1 Å². The highest BCUT2D eigenvalue weighted by molar-refractivity contribution is 5.98. The zero-order valence-corrected chi connectivity index (χ0v) is 15.1. The van der Waals surface area contributed by atoms with Gasteiger partial charge >= 0.3 is 5.97 Å². The van der Waals surface area contributed by atoms with Crippen LogP contribution in [-0.2, 0) is 4.79 Å². The maximum absolute atomic E-state index is 13.0. The molecular weight excluding hydrogens is 360 g/mol. The molecule has 0 heterocycles. The van der Waals surface area contributed by atoms with E-state index in [0.29, 0.717) is 11.1 Å². The van der Waals surface area contributed by atoms with Crippen LogP contribution >= 0.6 is 0 Å². The summed E-state index contributed by atoms with van der Waals surface area (Å²) in [6.07, 6.45) is -0.312. The molecule has 7 nitrogen and oxygen atoms in total. The number of carbonyl (C=O) groups excluding carboxylic acids is 1. The summed E-state index contributed by atoms with van der Waals surface area (Å²) >= 11 is 0. The van der Waals surface area contributed by atoms with Gasteiger partial charge in [0.1, 0.15) is 0 Å². The minimum atomic E-state index is -1.07. The van der Waals surface area contributed by atoms with Crippen molar-refractivity contribution in [1.29, 1.82) is 0 Å². The van der Waals surface area contributed by atoms with Gasteiger partial charge in [0, 0.05) is 24.7 Å². The van der Waals surface area contributed by atoms with E-state index in [4.69, 9.17) is 0 Å². The third-order valence-corrected chi connectivity index (χ3v) is 4.64. The van der Waals surface area contributed by atoms with Crippen molar-refractivity contribution in [3.05, 3.63) is 88.0 Å². The third kappa shape index (κ3) is 3.98. The van der Waals surface area contributed by atoms with Crippen LogP contribution in [0.2, 0.25) is 0 Å². The maximum atomic E-state index is 13.0. The normalized spacial score (nSPS) is 11.8. The molecule has 1 N–H and O–H groups in total. The van der Waals surface area contributed by atoms with Crippen molar-refractivity contribution in [2.24, 2.45) is 0 Å². The molecule has 0 radical (unpaired) electrons. The highest BCUT2D eigenvalue weighted by atomic mass is 16.6. The number of carboxylic acid groups (broad SMARTS) is 1. The summed E-state index contributed by atoms with van der Waals surface area (Å²) in [4.78, 5) is 36.0. The molecule has 3 aromatic rings. The van der Waals surface area contributed by atoms with Gasteiger partial charge in [-0.25, -0.2) is 0 Å². The van der Waals surface area contributed by atoms with Gasteiger partial charge in [0.15, 0.2) is 0 Å². The molecule has 0 spiro atoms. The van der Waals surface area contributed by atoms with E-state index >= 15 is 0 Å². The van der Waals surface area contributed by atoms with Gasteiger partial charge in [0.05, 0.1) is 17.4 Å². The second-order valence-electron chi connectivity index (χ2n) is 6.44. The van der Waals surface area contributed by atoms with E-state index < -0.39 is 16.9 Å². The average molecular weight is 378 g/mol. The Bertz CT molecular complexity index is 1050. The predicted molar refractivity (Wildman–Crippen MR) is 104 cm³/mol. The molecule has 0 aliphatic carbocycles. The molecule has 3 aromatic carbocycles. The molecule has 0 fully saturated rings. The zero-order valence-electron chi connectivity index (χ0n) is 15.1. The van der Waals surface area contributed by atoms with Gasteiger partial charge in [-0.2, -0.15) is 0 Å². The number of nitro benzene ring substituents is 1. The molecule has 28 heavy (non-hydrogen) atoms. The summed E-state index contributed by atoms with van der Waals surface area (Å²) in [5, 5.41) is 22.0. The smallest absolute Gasteiger partial charge is 0.305 e. The van der Waals surface area contributed by atoms with Crippen molar-refractivity contribution >= 4 is 28.3 Å². The lowest BCUT2D eigenvalue weighted by atomic mass is 10.00. The largest absolute Gasteiger partial charge is 0.481 e. The Morgan fingerprint density at radius 2 is 1.68 bits per heavy atom. The second-order valence-corrected chi connectivity index (χ2v) is 6.44. The zero-order chi connectivity index (χ0) is 20.3. The molecule has 3 rings (SSSR count). The van der Waals surface area contributed by atoms with Crippen molar-refractivity contribution in [3.8, 4) is 0 Å². The van der Waals surface area contributed by atoms with Gasteiger partial charge in [0.2, 0.25) is 0 Å². The first-order valence-corrected chi connectivity index (χ1v) is 8.59. The highest BCUT2D eigenvalue weighted by Gasteiger charge is 2.26. The van der Waals surface area contributed by atoms with Crippen LogP contribution in [0.25, 0.3) is 10.8 Å². The molecule has 0 aromatic heterocycles. The Hall–Kier alpha value is -3.74. The van der Waals surface area contributed by atoms with E-state index in [0.717, 1.165) is 10.8 Å². The van der Waals surface area contributed by atoms with E-state index in [1.807, 2.05) is 30.3 Å². The van der Waals surface area contributed by atoms with Crippen LogP contribution in [0.4, 0.5) is 5.69 Å². The van der Waals surface area contributed by atoms with Crippen molar-refractivity contribution in [1.82, 2.24) is 4.90 Å². The average Bonchev–Trinajstić information content (AvgIpc) is 2.70. The number of aliphatic carboxylic acids is 1. The third-order valence-electron chi connectivity index (χ3n) is 4.64. The predicted octanol–water partition coefficient (Wildman–Crippen LogP) is 4.04. The molecule has 1 atom stereocenters. The Balaban J connectivity index is 1.93. The SMILES string of the molecule is CN(C(=O)c1ccc2ccccc2c1)C(CC(=O)O)c1ccc([N+](=O)[O-])cc1. The number of rotatable bonds is 6. The summed E-state index contributed by atoms with van der Waals surface area (Å²) in [5.41, 5.74) is 0.865. The first-order valence-electron chi connectivity index (χ1n) is 8.59. The molecule has 0 aliphatic heterocycles. The van der Waals surface area contributed by atoms with Crippen LogP contribution in [0.1, 0.15) is 28.4 Å². The van der Waals surface area contributed by atoms with E-state index in [-0.39, 0.29) is 18.0 Å². The van der Waals surface area contributed by atoms with Crippen LogP contribution < -0.4 is 0 Å². The number of non-ortho nitro benzene ring substituents is 1. The number of hydrogen-bond donors (Lipinski definition) is 1. The Morgan fingerprint density at radius 1 is 1.04 bits per heavy atom. The Morgan fingerprint density at radius 3 is 2.29 bits per heavy atom. The molecular formula is C21H18N2O5. The number of nitrogens with zero attached hydrogens (tertiary/aromatic N) is 2. The van der Waals surface area contributed by atoms with Gasteiger partial charge in [-0.05, 0) is 28.5 Å². The lowest BCUT2D eigenvalue weighted by Gasteiger charge is -2.27. The minimum absolute atomic E-state index is 0.0960. The van der Waals surface area contributed by atoms with Gasteiger partial charge in [0.25, 0.3) is 11.6 Å². The second kappa shape index (κ2) is 7.87. The Kier molecular flexibility index (Phi) is 5.35. The summed E-state index contributed by atoms with van der Waals surface area (Å²) in [6.45, 7) is 0. The topological polar surface area (TPSA) is 101 Å². The van der Waals surface area contributed by atoms with E-state index in [2.05, 4.69) is 0 Å². The number of nitro groups is 1. The molecule has 142 valence electrons. The fraction of sp³-hybridized carbons (Fsp3) is 0.143. The van der Waals surface area contributed by atoms with Crippen LogP contribution in [0.15, 0.2) is 66.7 Å². The van der Waals surface area contributed by atoms with Gasteiger partial charge in [-0.3, -0.25) is 19.7 Å². The number of fused-ring (bicyclic) bond motifs is 1. The van der Waals surface area contributed by atoms with E-state index in [1.54, 1.807) is 12.1 Å². The van der Waals surface area contributed by atoms with Crippen LogP contribution in [0.3, 0.4) is 0 Å². The molecule has 7 heteroatoms. The fourth-order valence-corrected chi connectivity index (χ4v) is 3.13. The van der Waals surface area contributed by atoms with Crippen LogP contribution in [0.5, 0.6) is 0 Å². The minimum Gasteiger partial charge on any atom is -0.481 e. The van der Waals surface area contributed by atoms with Gasteiger partial charge in [-0.1, -0.05) is 42.5 Å². The number of hydrogen-bond acceptors (Lipinski definition) is 4. The maximum Gasteiger partial charge on any atom is 0.305 e. The monoisotopic (exact) mass is 378 g/mol. The molecule has 1 amide bonds. The number of benzene rings is 3. The Labute approximate surface area is 161 Å². The van der Waals surface area contributed by atoms with Crippen molar-refractivity contribution < 1.29 is 19.6 Å². The molecule has 0 bridgehead atoms. The first kappa shape index (κ1) is 19.0. The number of carboxylic acids is 1. The molecule has 0 aliphatic rings. The first-order chi connectivity index (χ1) is 13.4. The van der Waals surface area contributed by atoms with Gasteiger partial charge in [-0.15, -0.1) is 0 Å². The lowest BCUT2D eigenvalue weighted by Crippen LogP contribution is -2.32. The van der Waals surface area contributed by atoms with E-state index in [1.165, 1.54) is 36.2 Å². The van der Waals surface area contributed by atoms with E-state index in [9.17, 15) is 24.8 Å². The summed E-state index contributed by atoms with van der Waals surface area (Å²) in [5.74, 6) is -1.39. The summed E-state index contributed by atoms with van der Waals surface area (Å²) in [7, 11) is 1.53. The van der Waals surface area contributed by atoms with Crippen molar-refractivity contribution in [2.75, 3.05) is 7.05 Å². The fourth-order valence-electron chi connectivity index (χ4n) is 3.13. The lowest BCUT2D eigenvalue weighted by molar-refractivity contribution is -0.384. The highest BCUT2D eigenvalue weighted by Crippen LogP contribution is 2.27. The standard InChI is InChI=1S/C21H18N2O5/c1-22(21(26)17-7-6-14-4-2-3-5-16(14)12-17)19(13-20(24)25)15-8-10-18(11-9-15)23(27)28/h2-12,19H,13H2,1H3,(H,24,25). The van der Waals surface area contributed by atoms with Gasteiger partial charge < -0.3 is 10.0 Å². The number of carbonyl (C=O) groups is 2. The van der Waals surface area contributed by atoms with Crippen molar-refractivity contribution in [3.63, 3.8) is 0 Å². The van der Waals surface area contributed by atoms with Crippen molar-refractivity contribution in [2.45, 2.75) is 12.5 Å². The summed E-state index contributed by atoms with van der Waals surface area (Å²) < 4.78 is 0. The van der Waals surface area contributed by atoms with Crippen LogP contribution in [-0.4, -0.2) is 33.9 Å². The summed E-state index contributed by atoms with van der Waals surface area (Å²) in [6, 6.07) is 17.8. The molecule has 0 saturated carbocycles. The quantitative estimate of drug-likeness (QED) is 0.515. The number of amides is 1. The molecule has 1 unspecified atom stereocenters.